The maximum Gasteiger partial charge on any atom is 0.333 e. The van der Waals surface area contributed by atoms with Gasteiger partial charge >= 0.3 is 10.1 Å². The first kappa shape index (κ1) is 19.2. The van der Waals surface area contributed by atoms with E-state index in [4.69, 9.17) is 15.8 Å². The summed E-state index contributed by atoms with van der Waals surface area (Å²) in [6.07, 6.45) is 1.48. The lowest BCUT2D eigenvalue weighted by atomic mass is 10.1. The van der Waals surface area contributed by atoms with Gasteiger partial charge in [0.05, 0.1) is 21.8 Å². The van der Waals surface area contributed by atoms with Gasteiger partial charge in [0.2, 0.25) is 5.88 Å². The quantitative estimate of drug-likeness (QED) is 0.542. The number of para-hydroxylation sites is 1. The summed E-state index contributed by atoms with van der Waals surface area (Å²) in [5.41, 5.74) is 2.00. The van der Waals surface area contributed by atoms with E-state index in [1.54, 1.807) is 42.5 Å². The van der Waals surface area contributed by atoms with Gasteiger partial charge in [0.1, 0.15) is 0 Å². The molecule has 0 aliphatic carbocycles. The smallest absolute Gasteiger partial charge is 0.333 e. The highest BCUT2D eigenvalue weighted by Crippen LogP contribution is 2.28. The third kappa shape index (κ3) is 4.78. The molecule has 1 heterocycles. The van der Waals surface area contributed by atoms with Crippen LogP contribution in [0.4, 0.5) is 0 Å². The van der Waals surface area contributed by atoms with Gasteiger partial charge in [-0.1, -0.05) is 67.9 Å². The van der Waals surface area contributed by atoms with E-state index in [-0.39, 0.29) is 11.8 Å². The van der Waals surface area contributed by atoms with Crippen molar-refractivity contribution < 1.29 is 12.6 Å². The van der Waals surface area contributed by atoms with Crippen molar-refractivity contribution >= 4 is 27.8 Å². The molecule has 3 aromatic rings. The number of hydrogen-bond acceptors (Lipinski definition) is 4. The molecule has 0 fully saturated rings. The second-order valence-electron chi connectivity index (χ2n) is 6.21. The topological polar surface area (TPSA) is 61.2 Å². The first-order valence-corrected chi connectivity index (χ1v) is 10.2. The predicted molar refractivity (Wildman–Crippen MR) is 108 cm³/mol. The largest absolute Gasteiger partial charge is 0.358 e. The third-order valence-corrected chi connectivity index (χ3v) is 4.99. The maximum absolute atomic E-state index is 12.4. The van der Waals surface area contributed by atoms with Crippen molar-refractivity contribution in [2.75, 3.05) is 0 Å². The standard InChI is InChI=1S/C20H19ClN2O3S/c1-15(2)18-14-20(23(22-18)19-11-7-6-10-17(19)21)26-27(24,25)13-12-16-8-4-3-5-9-16/h3-15H,1-2H3/b13-12+. The molecule has 27 heavy (non-hydrogen) atoms. The Bertz CT molecular complexity index is 1060. The van der Waals surface area contributed by atoms with Crippen molar-refractivity contribution in [2.45, 2.75) is 19.8 Å². The summed E-state index contributed by atoms with van der Waals surface area (Å²) in [5.74, 6) is 0.183. The molecule has 0 N–H and O–H groups in total. The Morgan fingerprint density at radius 2 is 1.74 bits per heavy atom. The van der Waals surface area contributed by atoms with Gasteiger partial charge in [-0.05, 0) is 29.7 Å². The van der Waals surface area contributed by atoms with Crippen LogP contribution in [0.1, 0.15) is 31.0 Å². The van der Waals surface area contributed by atoms with Crippen LogP contribution in [0.5, 0.6) is 5.88 Å². The summed E-state index contributed by atoms with van der Waals surface area (Å²) in [6, 6.07) is 17.8. The highest BCUT2D eigenvalue weighted by atomic mass is 35.5. The van der Waals surface area contributed by atoms with E-state index in [2.05, 4.69) is 5.10 Å². The van der Waals surface area contributed by atoms with Crippen molar-refractivity contribution in [1.82, 2.24) is 9.78 Å². The fourth-order valence-electron chi connectivity index (χ4n) is 2.39. The van der Waals surface area contributed by atoms with Crippen LogP contribution in [0, 0.1) is 0 Å². The first-order valence-electron chi connectivity index (χ1n) is 8.38. The molecule has 7 heteroatoms. The summed E-state index contributed by atoms with van der Waals surface area (Å²) in [5, 5.41) is 5.93. The number of aromatic nitrogens is 2. The molecule has 2 aromatic carbocycles. The molecular weight excluding hydrogens is 384 g/mol. The SMILES string of the molecule is CC(C)c1cc(OS(=O)(=O)/C=C/c2ccccc2)n(-c2ccccc2Cl)n1. The maximum atomic E-state index is 12.4. The Morgan fingerprint density at radius 3 is 2.41 bits per heavy atom. The summed E-state index contributed by atoms with van der Waals surface area (Å²) in [7, 11) is -3.97. The number of nitrogens with zero attached hydrogens (tertiary/aromatic N) is 2. The van der Waals surface area contributed by atoms with Crippen LogP contribution < -0.4 is 4.18 Å². The first-order chi connectivity index (χ1) is 12.9. The molecule has 0 saturated carbocycles. The molecular formula is C20H19ClN2O3S. The van der Waals surface area contributed by atoms with Crippen LogP contribution in [0.25, 0.3) is 11.8 Å². The zero-order chi connectivity index (χ0) is 19.4. The van der Waals surface area contributed by atoms with Gasteiger partial charge in [0.25, 0.3) is 0 Å². The molecule has 0 amide bonds. The summed E-state index contributed by atoms with van der Waals surface area (Å²) in [6.45, 7) is 3.93. The number of halogens is 1. The fourth-order valence-corrected chi connectivity index (χ4v) is 3.34. The van der Waals surface area contributed by atoms with Gasteiger partial charge in [-0.2, -0.15) is 18.2 Å². The molecule has 0 spiro atoms. The second kappa shape index (κ2) is 7.98. The lowest BCUT2D eigenvalue weighted by Crippen LogP contribution is -2.09. The molecule has 0 aliphatic heterocycles. The van der Waals surface area contributed by atoms with Gasteiger partial charge in [-0.3, -0.25) is 0 Å². The van der Waals surface area contributed by atoms with Crippen molar-refractivity contribution in [1.29, 1.82) is 0 Å². The molecule has 1 aromatic heterocycles. The lowest BCUT2D eigenvalue weighted by Gasteiger charge is -2.09. The van der Waals surface area contributed by atoms with Crippen molar-refractivity contribution in [3.8, 4) is 11.6 Å². The van der Waals surface area contributed by atoms with Crippen LogP contribution in [0.2, 0.25) is 5.02 Å². The Labute approximate surface area is 164 Å². The van der Waals surface area contributed by atoms with Crippen LogP contribution in [-0.2, 0) is 10.1 Å². The molecule has 5 nitrogen and oxygen atoms in total. The zero-order valence-corrected chi connectivity index (χ0v) is 16.5. The minimum atomic E-state index is -3.97. The average molecular weight is 403 g/mol. The predicted octanol–water partition coefficient (Wildman–Crippen LogP) is 5.03. The highest BCUT2D eigenvalue weighted by Gasteiger charge is 2.19. The highest BCUT2D eigenvalue weighted by molar-refractivity contribution is 7.90. The van der Waals surface area contributed by atoms with Crippen LogP contribution >= 0.6 is 11.6 Å². The zero-order valence-electron chi connectivity index (χ0n) is 14.9. The van der Waals surface area contributed by atoms with Crippen molar-refractivity contribution in [3.63, 3.8) is 0 Å². The van der Waals surface area contributed by atoms with Crippen LogP contribution in [0.3, 0.4) is 0 Å². The molecule has 0 atom stereocenters. The van der Waals surface area contributed by atoms with Crippen LogP contribution in [0.15, 0.2) is 66.1 Å². The molecule has 0 saturated heterocycles. The summed E-state index contributed by atoms with van der Waals surface area (Å²) < 4.78 is 31.6. The minimum absolute atomic E-state index is 0.0875. The lowest BCUT2D eigenvalue weighted by molar-refractivity contribution is 0.474. The van der Waals surface area contributed by atoms with Crippen molar-refractivity contribution in [2.24, 2.45) is 0 Å². The molecule has 140 valence electrons. The fraction of sp³-hybridized carbons (Fsp3) is 0.150. The van der Waals surface area contributed by atoms with Gasteiger partial charge in [-0.25, -0.2) is 0 Å². The van der Waals surface area contributed by atoms with E-state index >= 15 is 0 Å². The Balaban J connectivity index is 1.96. The molecule has 0 radical (unpaired) electrons. The monoisotopic (exact) mass is 402 g/mol. The second-order valence-corrected chi connectivity index (χ2v) is 8.05. The summed E-state index contributed by atoms with van der Waals surface area (Å²) in [4.78, 5) is 0. The van der Waals surface area contributed by atoms with E-state index in [1.807, 2.05) is 32.0 Å². The Kier molecular flexibility index (Phi) is 5.68. The van der Waals surface area contributed by atoms with Gasteiger partial charge in [0.15, 0.2) is 0 Å². The Hall–Kier alpha value is -2.57. The van der Waals surface area contributed by atoms with E-state index in [0.29, 0.717) is 16.4 Å². The number of hydrogen-bond donors (Lipinski definition) is 0. The summed E-state index contributed by atoms with van der Waals surface area (Å²) >= 11 is 6.25. The van der Waals surface area contributed by atoms with Gasteiger partial charge < -0.3 is 4.18 Å². The normalized spacial score (nSPS) is 12.0. The van der Waals surface area contributed by atoms with Crippen LogP contribution in [-0.4, -0.2) is 18.2 Å². The van der Waals surface area contributed by atoms with E-state index in [0.717, 1.165) is 11.0 Å². The van der Waals surface area contributed by atoms with E-state index < -0.39 is 10.1 Å². The van der Waals surface area contributed by atoms with Gasteiger partial charge in [-0.15, -0.1) is 0 Å². The van der Waals surface area contributed by atoms with Crippen molar-refractivity contribution in [3.05, 3.63) is 82.4 Å². The molecule has 0 unspecified atom stereocenters. The minimum Gasteiger partial charge on any atom is -0.358 e. The molecule has 0 bridgehead atoms. The van der Waals surface area contributed by atoms with E-state index in [1.165, 1.54) is 10.8 Å². The van der Waals surface area contributed by atoms with E-state index in [9.17, 15) is 8.42 Å². The van der Waals surface area contributed by atoms with Gasteiger partial charge in [0, 0.05) is 6.07 Å². The number of benzene rings is 2. The number of rotatable bonds is 6. The Morgan fingerprint density at radius 1 is 1.07 bits per heavy atom. The molecule has 3 rings (SSSR count). The third-order valence-electron chi connectivity index (χ3n) is 3.80. The molecule has 0 aliphatic rings. The average Bonchev–Trinajstić information content (AvgIpc) is 3.04.